The summed E-state index contributed by atoms with van der Waals surface area (Å²) in [5.74, 6) is 0.554. The Morgan fingerprint density at radius 1 is 1.56 bits per heavy atom. The lowest BCUT2D eigenvalue weighted by atomic mass is 10.3. The average Bonchev–Trinajstić information content (AvgIpc) is 2.26. The molecule has 0 aliphatic heterocycles. The molecule has 0 radical (unpaired) electrons. The maximum Gasteiger partial charge on any atom is 0.321 e. The highest BCUT2D eigenvalue weighted by atomic mass is 16.5. The summed E-state index contributed by atoms with van der Waals surface area (Å²) in [6.45, 7) is -0.00885. The van der Waals surface area contributed by atoms with Crippen LogP contribution in [-0.4, -0.2) is 31.6 Å². The van der Waals surface area contributed by atoms with Crippen molar-refractivity contribution >= 4 is 11.7 Å². The van der Waals surface area contributed by atoms with Gasteiger partial charge in [0.2, 0.25) is 0 Å². The Bertz CT molecular complexity index is 410. The van der Waals surface area contributed by atoms with Crippen LogP contribution in [0.25, 0.3) is 0 Å². The second-order valence-electron chi connectivity index (χ2n) is 3.30. The quantitative estimate of drug-likeness (QED) is 0.841. The van der Waals surface area contributed by atoms with Crippen molar-refractivity contribution in [3.8, 4) is 11.8 Å². The second kappa shape index (κ2) is 5.61. The van der Waals surface area contributed by atoms with E-state index in [1.165, 1.54) is 4.90 Å². The van der Waals surface area contributed by atoms with E-state index >= 15 is 0 Å². The van der Waals surface area contributed by atoms with Crippen LogP contribution in [0.5, 0.6) is 5.75 Å². The van der Waals surface area contributed by atoms with Crippen molar-refractivity contribution in [3.05, 3.63) is 24.3 Å². The Morgan fingerprint density at radius 2 is 2.31 bits per heavy atom. The molecule has 0 fully saturated rings. The van der Waals surface area contributed by atoms with Crippen LogP contribution in [0.3, 0.4) is 0 Å². The number of benzene rings is 1. The molecular weight excluding hydrogens is 206 g/mol. The standard InChI is InChI=1S/C11H13N3O2/c1-14(2)11(15)13-9-4-3-5-10(8-9)16-7-6-12/h3-5,8H,7H2,1-2H3,(H,13,15). The number of hydrogen-bond donors (Lipinski definition) is 1. The highest BCUT2D eigenvalue weighted by Gasteiger charge is 2.04. The first kappa shape index (κ1) is 11.9. The average molecular weight is 219 g/mol. The van der Waals surface area contributed by atoms with Gasteiger partial charge >= 0.3 is 6.03 Å². The Hall–Kier alpha value is -2.22. The molecule has 16 heavy (non-hydrogen) atoms. The minimum absolute atomic E-state index is 0.00885. The lowest BCUT2D eigenvalue weighted by molar-refractivity contribution is 0.230. The van der Waals surface area contributed by atoms with Gasteiger partial charge in [0.15, 0.2) is 6.61 Å². The Kier molecular flexibility index (Phi) is 4.16. The molecule has 0 saturated heterocycles. The molecule has 2 amide bonds. The molecule has 0 atom stereocenters. The van der Waals surface area contributed by atoms with Gasteiger partial charge in [-0.15, -0.1) is 0 Å². The van der Waals surface area contributed by atoms with E-state index in [4.69, 9.17) is 10.00 Å². The molecule has 1 rings (SSSR count). The number of nitrogens with zero attached hydrogens (tertiary/aromatic N) is 2. The fraction of sp³-hybridized carbons (Fsp3) is 0.273. The molecule has 0 heterocycles. The van der Waals surface area contributed by atoms with E-state index in [1.807, 2.05) is 6.07 Å². The zero-order valence-electron chi connectivity index (χ0n) is 9.23. The van der Waals surface area contributed by atoms with E-state index in [9.17, 15) is 4.79 Å². The molecule has 1 N–H and O–H groups in total. The monoisotopic (exact) mass is 219 g/mol. The highest BCUT2D eigenvalue weighted by Crippen LogP contribution is 2.17. The molecule has 0 aliphatic rings. The van der Waals surface area contributed by atoms with Gasteiger partial charge in [-0.2, -0.15) is 5.26 Å². The van der Waals surface area contributed by atoms with Crippen LogP contribution in [0.4, 0.5) is 10.5 Å². The van der Waals surface area contributed by atoms with Gasteiger partial charge in [-0.3, -0.25) is 0 Å². The summed E-state index contributed by atoms with van der Waals surface area (Å²) < 4.78 is 5.11. The van der Waals surface area contributed by atoms with Crippen molar-refractivity contribution in [2.24, 2.45) is 0 Å². The smallest absolute Gasteiger partial charge is 0.321 e. The van der Waals surface area contributed by atoms with Gasteiger partial charge in [0.25, 0.3) is 0 Å². The summed E-state index contributed by atoms with van der Waals surface area (Å²) in [7, 11) is 3.32. The predicted octanol–water partition coefficient (Wildman–Crippen LogP) is 1.68. The molecular formula is C11H13N3O2. The van der Waals surface area contributed by atoms with E-state index in [2.05, 4.69) is 5.32 Å². The number of nitriles is 1. The molecule has 0 unspecified atom stereocenters. The van der Waals surface area contributed by atoms with Gasteiger partial charge in [-0.05, 0) is 12.1 Å². The van der Waals surface area contributed by atoms with Crippen molar-refractivity contribution in [3.63, 3.8) is 0 Å². The molecule has 5 heteroatoms. The van der Waals surface area contributed by atoms with E-state index in [1.54, 1.807) is 38.4 Å². The molecule has 1 aromatic carbocycles. The molecule has 1 aromatic rings. The number of hydrogen-bond acceptors (Lipinski definition) is 3. The fourth-order valence-corrected chi connectivity index (χ4v) is 1.01. The van der Waals surface area contributed by atoms with E-state index in [-0.39, 0.29) is 12.6 Å². The Balaban J connectivity index is 2.68. The summed E-state index contributed by atoms with van der Waals surface area (Å²) in [4.78, 5) is 12.8. The molecule has 84 valence electrons. The predicted molar refractivity (Wildman–Crippen MR) is 60.3 cm³/mol. The SMILES string of the molecule is CN(C)C(=O)Nc1cccc(OCC#N)c1. The molecule has 5 nitrogen and oxygen atoms in total. The topological polar surface area (TPSA) is 65.4 Å². The largest absolute Gasteiger partial charge is 0.479 e. The number of carbonyl (C=O) groups excluding carboxylic acids is 1. The van der Waals surface area contributed by atoms with E-state index in [0.29, 0.717) is 11.4 Å². The fourth-order valence-electron chi connectivity index (χ4n) is 1.01. The molecule has 0 spiro atoms. The summed E-state index contributed by atoms with van der Waals surface area (Å²) in [5, 5.41) is 11.0. The molecule has 0 aliphatic carbocycles. The van der Waals surface area contributed by atoms with Crippen LogP contribution in [0, 0.1) is 11.3 Å². The maximum absolute atomic E-state index is 11.4. The van der Waals surface area contributed by atoms with Crippen molar-refractivity contribution in [1.82, 2.24) is 4.90 Å². The summed E-state index contributed by atoms with van der Waals surface area (Å²) in [6.07, 6.45) is 0. The third kappa shape index (κ3) is 3.50. The third-order valence-electron chi connectivity index (χ3n) is 1.79. The van der Waals surface area contributed by atoms with Gasteiger partial charge in [0, 0.05) is 25.8 Å². The number of rotatable bonds is 3. The van der Waals surface area contributed by atoms with Crippen LogP contribution in [0.1, 0.15) is 0 Å². The summed E-state index contributed by atoms with van der Waals surface area (Å²) >= 11 is 0. The number of urea groups is 1. The first-order chi connectivity index (χ1) is 7.63. The van der Waals surface area contributed by atoms with E-state index in [0.717, 1.165) is 0 Å². The zero-order valence-corrected chi connectivity index (χ0v) is 9.23. The molecule has 0 aromatic heterocycles. The zero-order chi connectivity index (χ0) is 12.0. The lowest BCUT2D eigenvalue weighted by Crippen LogP contribution is -2.27. The van der Waals surface area contributed by atoms with Crippen molar-refractivity contribution < 1.29 is 9.53 Å². The Labute approximate surface area is 94.2 Å². The minimum Gasteiger partial charge on any atom is -0.479 e. The van der Waals surface area contributed by atoms with Crippen LogP contribution in [-0.2, 0) is 0 Å². The summed E-state index contributed by atoms with van der Waals surface area (Å²) in [5.41, 5.74) is 0.633. The first-order valence-electron chi connectivity index (χ1n) is 4.71. The molecule has 0 bridgehead atoms. The van der Waals surface area contributed by atoms with Gasteiger partial charge in [-0.1, -0.05) is 6.07 Å². The molecule has 0 saturated carbocycles. The lowest BCUT2D eigenvalue weighted by Gasteiger charge is -2.12. The van der Waals surface area contributed by atoms with E-state index < -0.39 is 0 Å². The van der Waals surface area contributed by atoms with Crippen LogP contribution >= 0.6 is 0 Å². The normalized spacial score (nSPS) is 9.06. The minimum atomic E-state index is -0.211. The number of ether oxygens (including phenoxy) is 1. The first-order valence-corrected chi connectivity index (χ1v) is 4.71. The van der Waals surface area contributed by atoms with Gasteiger partial charge in [0.1, 0.15) is 11.8 Å². The summed E-state index contributed by atoms with van der Waals surface area (Å²) in [6, 6.07) is 8.56. The van der Waals surface area contributed by atoms with Gasteiger partial charge in [0.05, 0.1) is 0 Å². The van der Waals surface area contributed by atoms with Crippen molar-refractivity contribution in [1.29, 1.82) is 5.26 Å². The Morgan fingerprint density at radius 3 is 2.94 bits per heavy atom. The van der Waals surface area contributed by atoms with Crippen LogP contribution in [0.2, 0.25) is 0 Å². The highest BCUT2D eigenvalue weighted by molar-refractivity contribution is 5.89. The maximum atomic E-state index is 11.4. The third-order valence-corrected chi connectivity index (χ3v) is 1.79. The number of amides is 2. The van der Waals surface area contributed by atoms with Crippen molar-refractivity contribution in [2.75, 3.05) is 26.0 Å². The number of nitrogens with one attached hydrogen (secondary N) is 1. The number of anilines is 1. The van der Waals surface area contributed by atoms with Crippen molar-refractivity contribution in [2.45, 2.75) is 0 Å². The van der Waals surface area contributed by atoms with Gasteiger partial charge < -0.3 is 15.0 Å². The van der Waals surface area contributed by atoms with Crippen LogP contribution in [0.15, 0.2) is 24.3 Å². The van der Waals surface area contributed by atoms with Crippen LogP contribution < -0.4 is 10.1 Å². The van der Waals surface area contributed by atoms with Gasteiger partial charge in [-0.25, -0.2) is 4.79 Å². The number of carbonyl (C=O) groups is 1. The second-order valence-corrected chi connectivity index (χ2v) is 3.30.